The van der Waals surface area contributed by atoms with Crippen molar-refractivity contribution >= 4 is 11.7 Å². The number of benzene rings is 1. The molecule has 0 fully saturated rings. The van der Waals surface area contributed by atoms with Crippen molar-refractivity contribution in [3.8, 4) is 11.5 Å². The molecular weight excluding hydrogens is 344 g/mol. The zero-order valence-corrected chi connectivity index (χ0v) is 16.5. The fourth-order valence-corrected chi connectivity index (χ4v) is 2.95. The molecule has 0 bridgehead atoms. The lowest BCUT2D eigenvalue weighted by atomic mass is 9.99. The van der Waals surface area contributed by atoms with Gasteiger partial charge in [0.15, 0.2) is 17.3 Å². The molecule has 0 saturated heterocycles. The standard InChI is InChI=1S/C21H26N2O4/c1-6-17(18-9-13(2)7-8-22-18)23-21(25)11-15-10-19(26-4)20(27-5)12-16(15)14(3)24/h7-10,12,17H,6,11H2,1-5H3,(H,23,25)/t17-/m0/s1. The highest BCUT2D eigenvalue weighted by atomic mass is 16.5. The normalized spacial score (nSPS) is 11.6. The van der Waals surface area contributed by atoms with E-state index in [-0.39, 0.29) is 24.2 Å². The van der Waals surface area contributed by atoms with Gasteiger partial charge in [0.2, 0.25) is 5.91 Å². The van der Waals surface area contributed by atoms with Crippen LogP contribution in [0.4, 0.5) is 0 Å². The molecule has 27 heavy (non-hydrogen) atoms. The van der Waals surface area contributed by atoms with Gasteiger partial charge in [0.25, 0.3) is 0 Å². The van der Waals surface area contributed by atoms with Crippen molar-refractivity contribution in [1.29, 1.82) is 0 Å². The number of aryl methyl sites for hydroxylation is 1. The smallest absolute Gasteiger partial charge is 0.224 e. The van der Waals surface area contributed by atoms with Crippen LogP contribution in [0, 0.1) is 6.92 Å². The van der Waals surface area contributed by atoms with E-state index in [1.165, 1.54) is 21.1 Å². The average Bonchev–Trinajstić information content (AvgIpc) is 2.65. The highest BCUT2D eigenvalue weighted by molar-refractivity contribution is 5.97. The maximum absolute atomic E-state index is 12.6. The molecule has 1 N–H and O–H groups in total. The van der Waals surface area contributed by atoms with Gasteiger partial charge in [-0.25, -0.2) is 0 Å². The van der Waals surface area contributed by atoms with Gasteiger partial charge in [-0.05, 0) is 55.7 Å². The summed E-state index contributed by atoms with van der Waals surface area (Å²) in [7, 11) is 3.03. The van der Waals surface area contributed by atoms with Gasteiger partial charge in [0.1, 0.15) is 0 Å². The molecule has 0 unspecified atom stereocenters. The Bertz CT molecular complexity index is 833. The molecule has 1 aromatic heterocycles. The Kier molecular flexibility index (Phi) is 6.93. The zero-order valence-electron chi connectivity index (χ0n) is 16.5. The van der Waals surface area contributed by atoms with Gasteiger partial charge < -0.3 is 14.8 Å². The van der Waals surface area contributed by atoms with Crippen LogP contribution < -0.4 is 14.8 Å². The maximum atomic E-state index is 12.6. The van der Waals surface area contributed by atoms with E-state index >= 15 is 0 Å². The van der Waals surface area contributed by atoms with Gasteiger partial charge in [-0.15, -0.1) is 0 Å². The largest absolute Gasteiger partial charge is 0.493 e. The second kappa shape index (κ2) is 9.16. The summed E-state index contributed by atoms with van der Waals surface area (Å²) in [5.74, 6) is 0.631. The number of methoxy groups -OCH3 is 2. The number of carbonyl (C=O) groups is 2. The van der Waals surface area contributed by atoms with Crippen molar-refractivity contribution in [3.05, 3.63) is 52.8 Å². The summed E-state index contributed by atoms with van der Waals surface area (Å²) in [5.41, 5.74) is 2.96. The number of nitrogens with one attached hydrogen (secondary N) is 1. The Balaban J connectivity index is 2.24. The van der Waals surface area contributed by atoms with E-state index in [0.717, 1.165) is 11.3 Å². The second-order valence-electron chi connectivity index (χ2n) is 6.38. The number of aromatic nitrogens is 1. The molecule has 0 aliphatic carbocycles. The second-order valence-corrected chi connectivity index (χ2v) is 6.38. The average molecular weight is 370 g/mol. The lowest BCUT2D eigenvalue weighted by molar-refractivity contribution is -0.121. The van der Waals surface area contributed by atoms with Crippen LogP contribution in [0.5, 0.6) is 11.5 Å². The number of pyridine rings is 1. The molecule has 2 aromatic rings. The van der Waals surface area contributed by atoms with E-state index in [9.17, 15) is 9.59 Å². The first-order chi connectivity index (χ1) is 12.9. The van der Waals surface area contributed by atoms with Crippen molar-refractivity contribution in [2.45, 2.75) is 39.7 Å². The first-order valence-corrected chi connectivity index (χ1v) is 8.87. The Morgan fingerprint density at radius 1 is 1.15 bits per heavy atom. The third-order valence-corrected chi connectivity index (χ3v) is 4.38. The topological polar surface area (TPSA) is 77.5 Å². The minimum absolute atomic E-state index is 0.0670. The van der Waals surface area contributed by atoms with Gasteiger partial charge in [-0.1, -0.05) is 6.92 Å². The van der Waals surface area contributed by atoms with Gasteiger partial charge in [0.05, 0.1) is 32.4 Å². The van der Waals surface area contributed by atoms with Gasteiger partial charge in [-0.3, -0.25) is 14.6 Å². The van der Waals surface area contributed by atoms with E-state index in [4.69, 9.17) is 9.47 Å². The summed E-state index contributed by atoms with van der Waals surface area (Å²) in [6.07, 6.45) is 2.52. The molecule has 6 heteroatoms. The van der Waals surface area contributed by atoms with Crippen LogP contribution in [0.15, 0.2) is 30.5 Å². The molecule has 1 heterocycles. The Labute approximate surface area is 159 Å². The van der Waals surface area contributed by atoms with E-state index in [1.54, 1.807) is 18.3 Å². The number of hydrogen-bond acceptors (Lipinski definition) is 5. The summed E-state index contributed by atoms with van der Waals surface area (Å²) < 4.78 is 10.6. The third kappa shape index (κ3) is 5.06. The van der Waals surface area contributed by atoms with Crippen LogP contribution in [0.1, 0.15) is 53.5 Å². The minimum Gasteiger partial charge on any atom is -0.493 e. The summed E-state index contributed by atoms with van der Waals surface area (Å²) in [5, 5.41) is 3.01. The van der Waals surface area contributed by atoms with Crippen molar-refractivity contribution in [1.82, 2.24) is 10.3 Å². The first-order valence-electron chi connectivity index (χ1n) is 8.87. The number of nitrogens with zero attached hydrogens (tertiary/aromatic N) is 1. The first kappa shape index (κ1) is 20.4. The van der Waals surface area contributed by atoms with Crippen LogP contribution in [0.2, 0.25) is 0 Å². The van der Waals surface area contributed by atoms with Gasteiger partial charge >= 0.3 is 0 Å². The van der Waals surface area contributed by atoms with Crippen LogP contribution >= 0.6 is 0 Å². The minimum atomic E-state index is -0.182. The Morgan fingerprint density at radius 3 is 2.37 bits per heavy atom. The number of ether oxygens (including phenoxy) is 2. The Morgan fingerprint density at radius 2 is 1.81 bits per heavy atom. The highest BCUT2D eigenvalue weighted by Gasteiger charge is 2.19. The van der Waals surface area contributed by atoms with Gasteiger partial charge in [-0.2, -0.15) is 0 Å². The maximum Gasteiger partial charge on any atom is 0.224 e. The van der Waals surface area contributed by atoms with E-state index < -0.39 is 0 Å². The number of amides is 1. The monoisotopic (exact) mass is 370 g/mol. The predicted molar refractivity (Wildman–Crippen MR) is 103 cm³/mol. The van der Waals surface area contributed by atoms with Crippen LogP contribution in [0.3, 0.4) is 0 Å². The number of Topliss-reactive ketones (excluding diaryl/α,β-unsaturated/α-hetero) is 1. The van der Waals surface area contributed by atoms with Crippen LogP contribution in [0.25, 0.3) is 0 Å². The zero-order chi connectivity index (χ0) is 20.0. The molecule has 0 saturated carbocycles. The molecule has 1 aromatic carbocycles. The van der Waals surface area contributed by atoms with Crippen LogP contribution in [-0.2, 0) is 11.2 Å². The summed E-state index contributed by atoms with van der Waals surface area (Å²) in [6, 6.07) is 7.00. The Hall–Kier alpha value is -2.89. The number of ketones is 1. The molecule has 6 nitrogen and oxygen atoms in total. The number of hydrogen-bond donors (Lipinski definition) is 1. The lowest BCUT2D eigenvalue weighted by Crippen LogP contribution is -2.30. The van der Waals surface area contributed by atoms with E-state index in [2.05, 4.69) is 10.3 Å². The third-order valence-electron chi connectivity index (χ3n) is 4.38. The number of carbonyl (C=O) groups excluding carboxylic acids is 2. The van der Waals surface area contributed by atoms with Gasteiger partial charge in [0, 0.05) is 11.8 Å². The SMILES string of the molecule is CC[C@H](NC(=O)Cc1cc(OC)c(OC)cc1C(C)=O)c1cc(C)ccn1. The molecule has 0 spiro atoms. The quantitative estimate of drug-likeness (QED) is 0.721. The summed E-state index contributed by atoms with van der Waals surface area (Å²) in [6.45, 7) is 5.45. The molecule has 1 amide bonds. The fraction of sp³-hybridized carbons (Fsp3) is 0.381. The molecule has 1 atom stereocenters. The molecular formula is C21H26N2O4. The lowest BCUT2D eigenvalue weighted by Gasteiger charge is -2.18. The molecule has 0 aliphatic rings. The van der Waals surface area contributed by atoms with Crippen molar-refractivity contribution in [3.63, 3.8) is 0 Å². The fourth-order valence-electron chi connectivity index (χ4n) is 2.95. The highest BCUT2D eigenvalue weighted by Crippen LogP contribution is 2.31. The molecule has 0 radical (unpaired) electrons. The van der Waals surface area contributed by atoms with Crippen molar-refractivity contribution in [2.75, 3.05) is 14.2 Å². The van der Waals surface area contributed by atoms with Crippen molar-refractivity contribution in [2.24, 2.45) is 0 Å². The summed E-state index contributed by atoms with van der Waals surface area (Å²) in [4.78, 5) is 29.0. The molecule has 2 rings (SSSR count). The van der Waals surface area contributed by atoms with Crippen molar-refractivity contribution < 1.29 is 19.1 Å². The number of rotatable bonds is 8. The van der Waals surface area contributed by atoms with E-state index in [1.807, 2.05) is 26.0 Å². The molecule has 144 valence electrons. The summed E-state index contributed by atoms with van der Waals surface area (Å²) >= 11 is 0. The van der Waals surface area contributed by atoms with E-state index in [0.29, 0.717) is 29.0 Å². The molecule has 0 aliphatic heterocycles. The predicted octanol–water partition coefficient (Wildman–Crippen LogP) is 3.42. The van der Waals surface area contributed by atoms with Crippen LogP contribution in [-0.4, -0.2) is 30.9 Å².